The Hall–Kier alpha value is -3.10. The molecule has 1 N–H and O–H groups in total. The first-order valence-corrected chi connectivity index (χ1v) is 10.9. The van der Waals surface area contributed by atoms with Crippen molar-refractivity contribution in [3.05, 3.63) is 114 Å². The molecule has 1 aliphatic heterocycles. The van der Waals surface area contributed by atoms with Crippen LogP contribution in [0.2, 0.25) is 0 Å². The van der Waals surface area contributed by atoms with E-state index in [1.54, 1.807) is 0 Å². The molecule has 0 bridgehead atoms. The van der Waals surface area contributed by atoms with Gasteiger partial charge in [0.15, 0.2) is 0 Å². The number of piperidine rings is 1. The summed E-state index contributed by atoms with van der Waals surface area (Å²) in [6, 6.07) is 34.1. The fraction of sp³-hybridized carbons (Fsp3) is 0.214. The number of rotatable bonds is 4. The molecule has 2 atom stereocenters. The van der Waals surface area contributed by atoms with E-state index < -0.39 is 0 Å². The summed E-state index contributed by atoms with van der Waals surface area (Å²) in [6.07, 6.45) is 3.55. The molecule has 4 aromatic carbocycles. The molecule has 1 aliphatic rings. The Kier molecular flexibility index (Phi) is 5.25. The molecule has 1 saturated heterocycles. The summed E-state index contributed by atoms with van der Waals surface area (Å²) in [5.41, 5.74) is 3.60. The van der Waals surface area contributed by atoms with Crippen LogP contribution in [0.1, 0.15) is 48.0 Å². The molecule has 0 unspecified atom stereocenters. The van der Waals surface area contributed by atoms with Crippen molar-refractivity contribution < 1.29 is 5.11 Å². The number of likely N-dealkylation sites (tertiary alicyclic amines) is 1. The zero-order chi connectivity index (χ0) is 20.3. The smallest absolute Gasteiger partial charge is 0.121 e. The lowest BCUT2D eigenvalue weighted by molar-refractivity contribution is 0.112. The Morgan fingerprint density at radius 2 is 1.43 bits per heavy atom. The van der Waals surface area contributed by atoms with E-state index in [4.69, 9.17) is 0 Å². The predicted octanol–water partition coefficient (Wildman–Crippen LogP) is 6.86. The van der Waals surface area contributed by atoms with E-state index in [-0.39, 0.29) is 6.04 Å². The van der Waals surface area contributed by atoms with Gasteiger partial charge >= 0.3 is 0 Å². The lowest BCUT2D eigenvalue weighted by Crippen LogP contribution is -2.37. The van der Waals surface area contributed by atoms with Crippen LogP contribution in [0.25, 0.3) is 10.8 Å². The Morgan fingerprint density at radius 1 is 0.733 bits per heavy atom. The van der Waals surface area contributed by atoms with Gasteiger partial charge in [-0.05, 0) is 47.4 Å². The molecule has 5 rings (SSSR count). The molecule has 0 aromatic heterocycles. The molecule has 1 heterocycles. The van der Waals surface area contributed by atoms with Gasteiger partial charge < -0.3 is 5.11 Å². The second-order valence-electron chi connectivity index (χ2n) is 8.19. The highest BCUT2D eigenvalue weighted by Gasteiger charge is 2.34. The number of nitrogens with zero attached hydrogens (tertiary/aromatic N) is 1. The summed E-state index contributed by atoms with van der Waals surface area (Å²) in [4.78, 5) is 2.61. The Balaban J connectivity index is 1.72. The average molecular weight is 394 g/mol. The average Bonchev–Trinajstić information content (AvgIpc) is 2.82. The number of phenolic OH excluding ortho intramolecular Hbond substituents is 1. The van der Waals surface area contributed by atoms with E-state index in [0.717, 1.165) is 23.9 Å². The van der Waals surface area contributed by atoms with Gasteiger partial charge in [0.05, 0.1) is 6.04 Å². The van der Waals surface area contributed by atoms with Gasteiger partial charge in [0, 0.05) is 11.6 Å². The fourth-order valence-corrected chi connectivity index (χ4v) is 5.03. The van der Waals surface area contributed by atoms with E-state index in [1.165, 1.54) is 29.4 Å². The van der Waals surface area contributed by atoms with Gasteiger partial charge in [0.25, 0.3) is 0 Å². The van der Waals surface area contributed by atoms with Gasteiger partial charge in [-0.1, -0.05) is 97.4 Å². The molecule has 4 aromatic rings. The largest absolute Gasteiger partial charge is 0.508 e. The maximum atomic E-state index is 11.1. The van der Waals surface area contributed by atoms with Crippen LogP contribution in [0.15, 0.2) is 97.1 Å². The van der Waals surface area contributed by atoms with Gasteiger partial charge in [-0.15, -0.1) is 0 Å². The second kappa shape index (κ2) is 8.33. The van der Waals surface area contributed by atoms with Gasteiger partial charge in [-0.3, -0.25) is 4.90 Å². The standard InChI is InChI=1S/C28H27NO/c30-26-19-18-21-11-7-8-16-24(21)27(26)28(23-14-5-2-6-15-23)29-20-10-9-17-25(29)22-12-3-1-4-13-22/h1-8,11-16,18-19,25,28,30H,9-10,17,20H2/t25-,28+/m1/s1. The van der Waals surface area contributed by atoms with Crippen molar-refractivity contribution in [1.82, 2.24) is 4.90 Å². The van der Waals surface area contributed by atoms with Crippen LogP contribution < -0.4 is 0 Å². The monoisotopic (exact) mass is 393 g/mol. The summed E-state index contributed by atoms with van der Waals surface area (Å²) in [7, 11) is 0. The van der Waals surface area contributed by atoms with Crippen LogP contribution in [-0.4, -0.2) is 16.6 Å². The number of aromatic hydroxyl groups is 1. The molecule has 2 nitrogen and oxygen atoms in total. The maximum Gasteiger partial charge on any atom is 0.121 e. The van der Waals surface area contributed by atoms with E-state index >= 15 is 0 Å². The molecular formula is C28H27NO. The molecule has 0 aliphatic carbocycles. The van der Waals surface area contributed by atoms with Crippen LogP contribution in [0.5, 0.6) is 5.75 Å². The summed E-state index contributed by atoms with van der Waals surface area (Å²) >= 11 is 0. The van der Waals surface area contributed by atoms with Crippen LogP contribution in [0.4, 0.5) is 0 Å². The van der Waals surface area contributed by atoms with E-state index in [1.807, 2.05) is 12.1 Å². The molecular weight excluding hydrogens is 366 g/mol. The first kappa shape index (κ1) is 18.9. The summed E-state index contributed by atoms with van der Waals surface area (Å²) < 4.78 is 0. The number of hydrogen-bond donors (Lipinski definition) is 1. The second-order valence-corrected chi connectivity index (χ2v) is 8.19. The number of phenols is 1. The summed E-state index contributed by atoms with van der Waals surface area (Å²) in [5, 5.41) is 13.4. The first-order valence-electron chi connectivity index (χ1n) is 10.9. The minimum atomic E-state index is 0.00260. The van der Waals surface area contributed by atoms with Crippen molar-refractivity contribution in [2.45, 2.75) is 31.3 Å². The minimum absolute atomic E-state index is 0.00260. The lowest BCUT2D eigenvalue weighted by Gasteiger charge is -2.42. The molecule has 1 fully saturated rings. The molecule has 30 heavy (non-hydrogen) atoms. The minimum Gasteiger partial charge on any atom is -0.508 e. The van der Waals surface area contributed by atoms with Crippen LogP contribution in [-0.2, 0) is 0 Å². The predicted molar refractivity (Wildman–Crippen MR) is 124 cm³/mol. The molecule has 0 radical (unpaired) electrons. The fourth-order valence-electron chi connectivity index (χ4n) is 5.03. The maximum absolute atomic E-state index is 11.1. The van der Waals surface area contributed by atoms with E-state index in [2.05, 4.69) is 89.8 Å². The third kappa shape index (κ3) is 3.48. The number of benzene rings is 4. The number of fused-ring (bicyclic) bond motifs is 1. The molecule has 2 heteroatoms. The number of hydrogen-bond acceptors (Lipinski definition) is 2. The van der Waals surface area contributed by atoms with E-state index in [0.29, 0.717) is 11.8 Å². The zero-order valence-electron chi connectivity index (χ0n) is 17.1. The highest BCUT2D eigenvalue weighted by Crippen LogP contribution is 2.45. The van der Waals surface area contributed by atoms with Crippen molar-refractivity contribution in [3.8, 4) is 5.75 Å². The highest BCUT2D eigenvalue weighted by molar-refractivity contribution is 5.88. The molecule has 150 valence electrons. The normalized spacial score (nSPS) is 18.3. The van der Waals surface area contributed by atoms with Gasteiger partial charge in [0.2, 0.25) is 0 Å². The van der Waals surface area contributed by atoms with E-state index in [9.17, 15) is 5.11 Å². The van der Waals surface area contributed by atoms with Gasteiger partial charge in [-0.25, -0.2) is 0 Å². The molecule has 0 spiro atoms. The Bertz CT molecular complexity index is 1120. The SMILES string of the molecule is Oc1ccc2ccccc2c1[C@H](c1ccccc1)N1CCCC[C@@H]1c1ccccc1. The van der Waals surface area contributed by atoms with Crippen molar-refractivity contribution >= 4 is 10.8 Å². The summed E-state index contributed by atoms with van der Waals surface area (Å²) in [5.74, 6) is 0.375. The van der Waals surface area contributed by atoms with Crippen LogP contribution in [0, 0.1) is 0 Å². The Morgan fingerprint density at radius 3 is 2.23 bits per heavy atom. The van der Waals surface area contributed by atoms with Crippen molar-refractivity contribution in [2.75, 3.05) is 6.54 Å². The van der Waals surface area contributed by atoms with Gasteiger partial charge in [0.1, 0.15) is 5.75 Å². The molecule has 0 saturated carbocycles. The summed E-state index contributed by atoms with van der Waals surface area (Å²) in [6.45, 7) is 1.02. The third-order valence-electron chi connectivity index (χ3n) is 6.40. The van der Waals surface area contributed by atoms with Crippen molar-refractivity contribution in [1.29, 1.82) is 0 Å². The van der Waals surface area contributed by atoms with Crippen molar-refractivity contribution in [2.24, 2.45) is 0 Å². The Labute approximate surface area is 178 Å². The first-order chi connectivity index (χ1) is 14.8. The quantitative estimate of drug-likeness (QED) is 0.409. The highest BCUT2D eigenvalue weighted by atomic mass is 16.3. The van der Waals surface area contributed by atoms with Crippen molar-refractivity contribution in [3.63, 3.8) is 0 Å². The zero-order valence-corrected chi connectivity index (χ0v) is 17.1. The molecule has 0 amide bonds. The topological polar surface area (TPSA) is 23.5 Å². The van der Waals surface area contributed by atoms with Crippen LogP contribution in [0.3, 0.4) is 0 Å². The third-order valence-corrected chi connectivity index (χ3v) is 6.40. The lowest BCUT2D eigenvalue weighted by atomic mass is 9.86. The van der Waals surface area contributed by atoms with Crippen LogP contribution >= 0.6 is 0 Å². The van der Waals surface area contributed by atoms with Gasteiger partial charge in [-0.2, -0.15) is 0 Å².